The lowest BCUT2D eigenvalue weighted by Gasteiger charge is -2.41. The van der Waals surface area contributed by atoms with Crippen molar-refractivity contribution in [2.45, 2.75) is 63.1 Å². The van der Waals surface area contributed by atoms with E-state index in [0.717, 1.165) is 0 Å². The van der Waals surface area contributed by atoms with Gasteiger partial charge in [-0.15, -0.1) is 10.2 Å². The van der Waals surface area contributed by atoms with Crippen molar-refractivity contribution in [2.75, 3.05) is 0 Å². The van der Waals surface area contributed by atoms with E-state index in [-0.39, 0.29) is 30.0 Å². The molecule has 7 nitrogen and oxygen atoms in total. The van der Waals surface area contributed by atoms with Crippen molar-refractivity contribution in [1.82, 2.24) is 20.4 Å². The van der Waals surface area contributed by atoms with Crippen LogP contribution in [-0.4, -0.2) is 50.8 Å². The number of nitrogens with zero attached hydrogens (tertiary/aromatic N) is 3. The molecular weight excluding hydrogens is 458 g/mol. The van der Waals surface area contributed by atoms with E-state index in [1.165, 1.54) is 23.1 Å². The molecule has 0 bridgehead atoms. The number of carbonyl (C=O) groups excluding carboxylic acids is 2. The lowest BCUT2D eigenvalue weighted by atomic mass is 9.86. The highest BCUT2D eigenvalue weighted by Gasteiger charge is 2.48. The number of hydrogen-bond acceptors (Lipinski definition) is 5. The summed E-state index contributed by atoms with van der Waals surface area (Å²) in [5.41, 5.74) is 0.877. The Bertz CT molecular complexity index is 1080. The van der Waals surface area contributed by atoms with Gasteiger partial charge in [0.05, 0.1) is 12.1 Å². The molecule has 1 N–H and O–H groups in total. The number of fused-ring (bicyclic) bond motifs is 1. The Hall–Kier alpha value is -3.12. The van der Waals surface area contributed by atoms with Gasteiger partial charge in [-0.25, -0.2) is 8.78 Å². The summed E-state index contributed by atoms with van der Waals surface area (Å²) >= 11 is 0. The minimum Gasteiger partial charge on any atom is -0.415 e. The number of rotatable bonds is 5. The summed E-state index contributed by atoms with van der Waals surface area (Å²) in [7, 11) is 0. The summed E-state index contributed by atoms with van der Waals surface area (Å²) < 4.78 is 85.0. The maximum Gasteiger partial charge on any atom is 0.321 e. The highest BCUT2D eigenvalue weighted by Crippen LogP contribution is 2.39. The van der Waals surface area contributed by atoms with Crippen LogP contribution in [0.15, 0.2) is 22.6 Å². The highest BCUT2D eigenvalue weighted by atomic mass is 19.3. The third-order valence-electron chi connectivity index (χ3n) is 5.72. The zero-order chi connectivity index (χ0) is 24.1. The van der Waals surface area contributed by atoms with Crippen LogP contribution in [0, 0.1) is 0 Å². The summed E-state index contributed by atoms with van der Waals surface area (Å²) in [6.07, 6.45) is -4.63. The molecule has 1 saturated carbocycles. The van der Waals surface area contributed by atoms with Crippen LogP contribution < -0.4 is 5.32 Å². The second-order valence-corrected chi connectivity index (χ2v) is 8.19. The number of alkyl halides is 6. The molecule has 4 rings (SSSR count). The second-order valence-electron chi connectivity index (χ2n) is 8.19. The van der Waals surface area contributed by atoms with Crippen LogP contribution in [0.25, 0.3) is 11.5 Å². The van der Waals surface area contributed by atoms with Gasteiger partial charge in [0.2, 0.25) is 11.8 Å². The molecule has 13 heteroatoms. The fraction of sp³-hybridized carbons (Fsp3) is 0.500. The number of carbonyl (C=O) groups is 2. The van der Waals surface area contributed by atoms with Crippen LogP contribution in [0.1, 0.15) is 54.4 Å². The van der Waals surface area contributed by atoms with Crippen LogP contribution in [0.2, 0.25) is 0 Å². The van der Waals surface area contributed by atoms with E-state index >= 15 is 0 Å². The number of hydrogen-bond donors (Lipinski definition) is 1. The molecular formula is C20H18F6N4O3. The molecule has 2 aromatic rings. The normalized spacial score (nSPS) is 22.5. The van der Waals surface area contributed by atoms with Crippen molar-refractivity contribution in [3.63, 3.8) is 0 Å². The summed E-state index contributed by atoms with van der Waals surface area (Å²) in [6, 6.07) is 2.04. The molecule has 1 aromatic heterocycles. The zero-order valence-corrected chi connectivity index (χ0v) is 17.1. The van der Waals surface area contributed by atoms with Gasteiger partial charge < -0.3 is 14.6 Å². The van der Waals surface area contributed by atoms with Crippen LogP contribution in [-0.2, 0) is 11.3 Å². The quantitative estimate of drug-likeness (QED) is 0.661. The Kier molecular flexibility index (Phi) is 5.61. The molecule has 2 atom stereocenters. The first kappa shape index (κ1) is 23.1. The second kappa shape index (κ2) is 8.03. The predicted octanol–water partition coefficient (Wildman–Crippen LogP) is 3.96. The molecule has 33 heavy (non-hydrogen) atoms. The van der Waals surface area contributed by atoms with E-state index in [2.05, 4.69) is 10.2 Å². The molecule has 0 spiro atoms. The van der Waals surface area contributed by atoms with Crippen molar-refractivity contribution >= 4 is 11.8 Å². The number of aromatic nitrogens is 2. The fourth-order valence-corrected chi connectivity index (χ4v) is 4.10. The molecule has 1 aliphatic heterocycles. The average Bonchev–Trinajstić information content (AvgIpc) is 3.32. The van der Waals surface area contributed by atoms with Gasteiger partial charge in [0.15, 0.2) is 0 Å². The molecule has 1 fully saturated rings. The van der Waals surface area contributed by atoms with E-state index in [0.29, 0.717) is 12.5 Å². The van der Waals surface area contributed by atoms with Crippen molar-refractivity contribution in [3.8, 4) is 11.5 Å². The van der Waals surface area contributed by atoms with Crippen molar-refractivity contribution < 1.29 is 40.3 Å². The monoisotopic (exact) mass is 476 g/mol. The molecule has 2 heterocycles. The standard InChI is InChI=1S/C20H18F6N4O3/c1-19(23,24)18(32)27-12-7-20(25,26)5-4-13(12)30-8-10-3-2-9(6-11(10)17(30)31)15-28-29-16(33-15)14(21)22/h2-3,6,12-14H,4-5,7-8H2,1H3,(H,27,32)/t12-,13-/m1/s1. The SMILES string of the molecule is CC(F)(F)C(=O)N[C@@H]1CC(F)(F)CC[C@H]1N1Cc2ccc(-c3nnc(C(F)F)o3)cc2C1=O. The third-order valence-corrected chi connectivity index (χ3v) is 5.72. The van der Waals surface area contributed by atoms with Gasteiger partial charge in [-0.1, -0.05) is 6.07 Å². The topological polar surface area (TPSA) is 88.3 Å². The van der Waals surface area contributed by atoms with Crippen molar-refractivity contribution in [2.24, 2.45) is 0 Å². The molecule has 1 aliphatic carbocycles. The van der Waals surface area contributed by atoms with Gasteiger partial charge >= 0.3 is 12.3 Å². The molecule has 178 valence electrons. The molecule has 2 amide bonds. The van der Waals surface area contributed by atoms with E-state index in [9.17, 15) is 35.9 Å². The van der Waals surface area contributed by atoms with Gasteiger partial charge in [-0.05, 0) is 24.1 Å². The average molecular weight is 476 g/mol. The van der Waals surface area contributed by atoms with Gasteiger partial charge in [-0.3, -0.25) is 9.59 Å². The fourth-order valence-electron chi connectivity index (χ4n) is 4.10. The third kappa shape index (κ3) is 4.53. The maximum atomic E-state index is 14.0. The van der Waals surface area contributed by atoms with Crippen LogP contribution in [0.3, 0.4) is 0 Å². The Balaban J connectivity index is 1.58. The molecule has 0 radical (unpaired) electrons. The number of nitrogens with one attached hydrogen (secondary N) is 1. The first-order chi connectivity index (χ1) is 15.4. The summed E-state index contributed by atoms with van der Waals surface area (Å²) in [5.74, 6) is -10.3. The number of halogens is 6. The van der Waals surface area contributed by atoms with Crippen LogP contribution in [0.5, 0.6) is 0 Å². The highest BCUT2D eigenvalue weighted by molar-refractivity contribution is 5.99. The minimum atomic E-state index is -3.77. The molecule has 0 saturated heterocycles. The number of benzene rings is 1. The first-order valence-corrected chi connectivity index (χ1v) is 9.98. The van der Waals surface area contributed by atoms with E-state index in [1.54, 1.807) is 0 Å². The van der Waals surface area contributed by atoms with Crippen molar-refractivity contribution in [1.29, 1.82) is 0 Å². The molecule has 2 aliphatic rings. The Morgan fingerprint density at radius 3 is 2.67 bits per heavy atom. The van der Waals surface area contributed by atoms with E-state index < -0.39 is 60.9 Å². The summed E-state index contributed by atoms with van der Waals surface area (Å²) in [6.45, 7) is 0.360. The number of amides is 2. The van der Waals surface area contributed by atoms with Gasteiger partial charge in [0, 0.05) is 37.4 Å². The molecule has 0 unspecified atom stereocenters. The van der Waals surface area contributed by atoms with Crippen LogP contribution >= 0.6 is 0 Å². The van der Waals surface area contributed by atoms with E-state index in [1.807, 2.05) is 5.32 Å². The van der Waals surface area contributed by atoms with Crippen molar-refractivity contribution in [3.05, 3.63) is 35.2 Å². The van der Waals surface area contributed by atoms with Gasteiger partial charge in [0.25, 0.3) is 17.7 Å². The smallest absolute Gasteiger partial charge is 0.321 e. The first-order valence-electron chi connectivity index (χ1n) is 9.98. The Morgan fingerprint density at radius 2 is 2.03 bits per heavy atom. The lowest BCUT2D eigenvalue weighted by molar-refractivity contribution is -0.146. The Labute approximate surface area is 183 Å². The summed E-state index contributed by atoms with van der Waals surface area (Å²) in [5, 5.41) is 8.73. The van der Waals surface area contributed by atoms with E-state index in [4.69, 9.17) is 4.42 Å². The van der Waals surface area contributed by atoms with Gasteiger partial charge in [0.1, 0.15) is 0 Å². The van der Waals surface area contributed by atoms with Crippen LogP contribution in [0.4, 0.5) is 26.3 Å². The zero-order valence-electron chi connectivity index (χ0n) is 17.1. The maximum absolute atomic E-state index is 14.0. The molecule has 1 aromatic carbocycles. The predicted molar refractivity (Wildman–Crippen MR) is 99.7 cm³/mol. The Morgan fingerprint density at radius 1 is 1.30 bits per heavy atom. The minimum absolute atomic E-state index is 0.00565. The summed E-state index contributed by atoms with van der Waals surface area (Å²) in [4.78, 5) is 26.1. The largest absolute Gasteiger partial charge is 0.415 e. The lowest BCUT2D eigenvalue weighted by Crippen LogP contribution is -2.58. The van der Waals surface area contributed by atoms with Gasteiger partial charge in [-0.2, -0.15) is 17.6 Å².